The number of rotatable bonds is 3. The standard InChI is InChI=1S/C17H19N5O2S3/c1-10-19-20-16(27-10)18-14(23)9-26-17(25)21-6-11-5-12(8-21)13-3-2-4-15(24)22(13)7-11/h2-4,11-12H,5-9H2,1H3,(H,18,20,23)/t11-,12+/m1/s1. The monoisotopic (exact) mass is 421 g/mol. The molecule has 142 valence electrons. The van der Waals surface area contributed by atoms with Gasteiger partial charge in [-0.05, 0) is 25.3 Å². The molecule has 1 fully saturated rings. The van der Waals surface area contributed by atoms with E-state index >= 15 is 0 Å². The average molecular weight is 422 g/mol. The Bertz CT molecular complexity index is 941. The first-order chi connectivity index (χ1) is 13.0. The number of amides is 1. The molecule has 0 aromatic carbocycles. The molecule has 0 radical (unpaired) electrons. The fourth-order valence-corrected chi connectivity index (χ4v) is 5.36. The molecule has 1 N–H and O–H groups in total. The molecule has 2 atom stereocenters. The van der Waals surface area contributed by atoms with Gasteiger partial charge in [0.25, 0.3) is 5.56 Å². The van der Waals surface area contributed by atoms with E-state index in [0.29, 0.717) is 17.0 Å². The summed E-state index contributed by atoms with van der Waals surface area (Å²) in [6, 6.07) is 5.50. The van der Waals surface area contributed by atoms with Crippen LogP contribution in [-0.4, -0.2) is 48.7 Å². The average Bonchev–Trinajstić information content (AvgIpc) is 3.05. The Hall–Kier alpha value is -1.78. The number of piperidine rings is 1. The number of thiocarbonyl (C=S) groups is 1. The number of hydrogen-bond acceptors (Lipinski definition) is 7. The van der Waals surface area contributed by atoms with Crippen molar-refractivity contribution < 1.29 is 4.79 Å². The minimum Gasteiger partial charge on any atom is -0.356 e. The van der Waals surface area contributed by atoms with E-state index in [-0.39, 0.29) is 17.2 Å². The number of aryl methyl sites for hydroxylation is 1. The van der Waals surface area contributed by atoms with Crippen LogP contribution in [0, 0.1) is 12.8 Å². The molecule has 2 bridgehead atoms. The predicted molar refractivity (Wildman–Crippen MR) is 111 cm³/mol. The van der Waals surface area contributed by atoms with E-state index in [2.05, 4.69) is 20.4 Å². The van der Waals surface area contributed by atoms with Gasteiger partial charge in [0.1, 0.15) is 9.33 Å². The van der Waals surface area contributed by atoms with Gasteiger partial charge in [-0.2, -0.15) is 0 Å². The van der Waals surface area contributed by atoms with Crippen LogP contribution in [0.2, 0.25) is 0 Å². The Morgan fingerprint density at radius 2 is 2.22 bits per heavy atom. The Morgan fingerprint density at radius 1 is 1.37 bits per heavy atom. The number of carbonyl (C=O) groups is 1. The Morgan fingerprint density at radius 3 is 3.00 bits per heavy atom. The second-order valence-electron chi connectivity index (χ2n) is 6.83. The van der Waals surface area contributed by atoms with Gasteiger partial charge < -0.3 is 9.47 Å². The zero-order chi connectivity index (χ0) is 19.0. The smallest absolute Gasteiger partial charge is 0.250 e. The van der Waals surface area contributed by atoms with Crippen molar-refractivity contribution in [2.75, 3.05) is 24.2 Å². The predicted octanol–water partition coefficient (Wildman–Crippen LogP) is 2.08. The molecule has 27 heavy (non-hydrogen) atoms. The van der Waals surface area contributed by atoms with Crippen molar-refractivity contribution in [3.05, 3.63) is 39.3 Å². The molecular formula is C17H19N5O2S3. The van der Waals surface area contributed by atoms with E-state index in [1.165, 1.54) is 23.1 Å². The summed E-state index contributed by atoms with van der Waals surface area (Å²) in [5.41, 5.74) is 1.18. The summed E-state index contributed by atoms with van der Waals surface area (Å²) in [5.74, 6) is 0.836. The number of anilines is 1. The number of fused-ring (bicyclic) bond motifs is 4. The molecule has 1 amide bonds. The largest absolute Gasteiger partial charge is 0.356 e. The summed E-state index contributed by atoms with van der Waals surface area (Å²) in [7, 11) is 0. The minimum absolute atomic E-state index is 0.0798. The maximum Gasteiger partial charge on any atom is 0.250 e. The van der Waals surface area contributed by atoms with E-state index < -0.39 is 0 Å². The molecule has 0 unspecified atom stereocenters. The van der Waals surface area contributed by atoms with Crippen molar-refractivity contribution in [1.29, 1.82) is 0 Å². The fourth-order valence-electron chi connectivity index (χ4n) is 3.77. The molecule has 2 aliphatic heterocycles. The van der Waals surface area contributed by atoms with Crippen molar-refractivity contribution in [3.63, 3.8) is 0 Å². The summed E-state index contributed by atoms with van der Waals surface area (Å²) >= 11 is 8.30. The van der Waals surface area contributed by atoms with Crippen LogP contribution in [0.15, 0.2) is 23.0 Å². The van der Waals surface area contributed by atoms with Crippen molar-refractivity contribution in [2.24, 2.45) is 5.92 Å². The number of pyridine rings is 1. The highest BCUT2D eigenvalue weighted by atomic mass is 32.2. The van der Waals surface area contributed by atoms with Gasteiger partial charge in [0.15, 0.2) is 0 Å². The van der Waals surface area contributed by atoms with Crippen LogP contribution in [0.25, 0.3) is 0 Å². The summed E-state index contributed by atoms with van der Waals surface area (Å²) in [6.07, 6.45) is 1.09. The minimum atomic E-state index is -0.132. The summed E-state index contributed by atoms with van der Waals surface area (Å²) in [4.78, 5) is 26.4. The zero-order valence-corrected chi connectivity index (χ0v) is 17.2. The van der Waals surface area contributed by atoms with E-state index in [4.69, 9.17) is 12.2 Å². The molecule has 7 nitrogen and oxygen atoms in total. The first kappa shape index (κ1) is 18.6. The first-order valence-electron chi connectivity index (χ1n) is 8.71. The summed E-state index contributed by atoms with van der Waals surface area (Å²) < 4.78 is 2.64. The Labute approximate surface area is 170 Å². The Balaban J connectivity index is 1.35. The number of hydrogen-bond donors (Lipinski definition) is 1. The van der Waals surface area contributed by atoms with E-state index in [9.17, 15) is 9.59 Å². The fraction of sp³-hybridized carbons (Fsp3) is 0.471. The lowest BCUT2D eigenvalue weighted by atomic mass is 9.83. The normalized spacial score (nSPS) is 20.9. The van der Waals surface area contributed by atoms with Gasteiger partial charge in [0.05, 0.1) is 5.75 Å². The van der Waals surface area contributed by atoms with Crippen LogP contribution in [0.5, 0.6) is 0 Å². The lowest BCUT2D eigenvalue weighted by molar-refractivity contribution is -0.113. The molecule has 0 saturated carbocycles. The molecule has 1 saturated heterocycles. The zero-order valence-electron chi connectivity index (χ0n) is 14.8. The third-order valence-corrected chi connectivity index (χ3v) is 7.11. The number of carbonyl (C=O) groups excluding carboxylic acids is 1. The molecule has 10 heteroatoms. The molecule has 2 aromatic rings. The van der Waals surface area contributed by atoms with Crippen LogP contribution in [0.1, 0.15) is 23.0 Å². The van der Waals surface area contributed by atoms with Crippen molar-refractivity contribution in [1.82, 2.24) is 19.7 Å². The number of aromatic nitrogens is 3. The lowest BCUT2D eigenvalue weighted by Gasteiger charge is -2.43. The third kappa shape index (κ3) is 4.07. The molecule has 2 aromatic heterocycles. The quantitative estimate of drug-likeness (QED) is 0.760. The second kappa shape index (κ2) is 7.69. The van der Waals surface area contributed by atoms with Crippen LogP contribution in [0.3, 0.4) is 0 Å². The molecule has 4 rings (SSSR count). The SMILES string of the molecule is Cc1nnc(NC(=O)CSC(=S)N2C[C@H]3C[C@@H](C2)c2cccc(=O)n2C3)s1. The van der Waals surface area contributed by atoms with E-state index in [1.807, 2.05) is 23.6 Å². The summed E-state index contributed by atoms with van der Waals surface area (Å²) in [6.45, 7) is 4.21. The van der Waals surface area contributed by atoms with Gasteiger partial charge in [0, 0.05) is 37.3 Å². The van der Waals surface area contributed by atoms with Gasteiger partial charge in [-0.3, -0.25) is 14.9 Å². The molecule has 0 spiro atoms. The van der Waals surface area contributed by atoms with Crippen LogP contribution >= 0.6 is 35.3 Å². The molecular weight excluding hydrogens is 402 g/mol. The van der Waals surface area contributed by atoms with Gasteiger partial charge in [-0.15, -0.1) is 10.2 Å². The maximum absolute atomic E-state index is 12.1. The molecule has 2 aliphatic rings. The van der Waals surface area contributed by atoms with Crippen molar-refractivity contribution >= 4 is 50.7 Å². The highest BCUT2D eigenvalue weighted by molar-refractivity contribution is 8.23. The lowest BCUT2D eigenvalue weighted by Crippen LogP contribution is -2.48. The number of nitrogens with zero attached hydrogens (tertiary/aromatic N) is 4. The first-order valence-corrected chi connectivity index (χ1v) is 10.9. The van der Waals surface area contributed by atoms with Crippen molar-refractivity contribution in [2.45, 2.75) is 25.8 Å². The van der Waals surface area contributed by atoms with Gasteiger partial charge >= 0.3 is 0 Å². The second-order valence-corrected chi connectivity index (χ2v) is 9.62. The van der Waals surface area contributed by atoms with Gasteiger partial charge in [0.2, 0.25) is 11.0 Å². The summed E-state index contributed by atoms with van der Waals surface area (Å²) in [5, 5.41) is 11.9. The highest BCUT2D eigenvalue weighted by Crippen LogP contribution is 2.36. The highest BCUT2D eigenvalue weighted by Gasteiger charge is 2.35. The van der Waals surface area contributed by atoms with Crippen LogP contribution < -0.4 is 10.9 Å². The molecule has 4 heterocycles. The van der Waals surface area contributed by atoms with Gasteiger partial charge in [-0.1, -0.05) is 41.4 Å². The third-order valence-electron chi connectivity index (χ3n) is 4.84. The number of likely N-dealkylation sites (tertiary alicyclic amines) is 1. The van der Waals surface area contributed by atoms with Gasteiger partial charge in [-0.25, -0.2) is 0 Å². The maximum atomic E-state index is 12.1. The van der Waals surface area contributed by atoms with Crippen LogP contribution in [-0.2, 0) is 11.3 Å². The number of nitrogens with one attached hydrogen (secondary N) is 1. The van der Waals surface area contributed by atoms with E-state index in [1.54, 1.807) is 6.07 Å². The van der Waals surface area contributed by atoms with E-state index in [0.717, 1.165) is 41.1 Å². The molecule has 0 aliphatic carbocycles. The Kier molecular flexibility index (Phi) is 5.29. The van der Waals surface area contributed by atoms with Crippen molar-refractivity contribution in [3.8, 4) is 0 Å². The number of thioether (sulfide) groups is 1. The van der Waals surface area contributed by atoms with Crippen LogP contribution in [0.4, 0.5) is 5.13 Å². The topological polar surface area (TPSA) is 80.1 Å².